The van der Waals surface area contributed by atoms with Crippen LogP contribution in [0.3, 0.4) is 0 Å². The van der Waals surface area contributed by atoms with Crippen LogP contribution in [0.25, 0.3) is 22.0 Å². The molecule has 2 heterocycles. The number of aryl methyl sites for hydroxylation is 1. The molecule has 1 amide bonds. The number of amides is 1. The summed E-state index contributed by atoms with van der Waals surface area (Å²) in [5, 5.41) is 6.64. The number of H-pyrrole nitrogens is 1. The van der Waals surface area contributed by atoms with Crippen LogP contribution in [0.15, 0.2) is 35.4 Å². The van der Waals surface area contributed by atoms with E-state index in [9.17, 15) is 22.8 Å². The van der Waals surface area contributed by atoms with Gasteiger partial charge in [-0.1, -0.05) is 0 Å². The van der Waals surface area contributed by atoms with Crippen molar-refractivity contribution in [1.82, 2.24) is 19.7 Å². The largest absolute Gasteiger partial charge is 0.416 e. The fourth-order valence-corrected chi connectivity index (χ4v) is 2.72. The number of aromatic amines is 1. The number of rotatable bonds is 2. The Bertz CT molecular complexity index is 1060. The molecule has 0 atom stereocenters. The highest BCUT2D eigenvalue weighted by Crippen LogP contribution is 2.36. The molecule has 0 spiro atoms. The Balaban J connectivity index is 2.35. The van der Waals surface area contributed by atoms with Gasteiger partial charge in [-0.15, -0.1) is 0 Å². The third-order valence-corrected chi connectivity index (χ3v) is 4.01. The van der Waals surface area contributed by atoms with Crippen molar-refractivity contribution < 1.29 is 18.0 Å². The molecule has 0 aliphatic carbocycles. The highest BCUT2D eigenvalue weighted by atomic mass is 19.4. The number of carbonyl (C=O) groups excluding carboxylic acids is 1. The van der Waals surface area contributed by atoms with Gasteiger partial charge in [-0.2, -0.15) is 18.3 Å². The van der Waals surface area contributed by atoms with E-state index >= 15 is 0 Å². The summed E-state index contributed by atoms with van der Waals surface area (Å²) in [6.45, 7) is 0. The standard InChI is InChI=1S/C17H15F3N4O2/c1-23(2)15(25)9-4-12(16(26)24(3)8-9)11-5-10(17(18,19)20)6-14-13(11)7-21-22-14/h4-8H,1-3H3,(H,21,22). The van der Waals surface area contributed by atoms with E-state index in [2.05, 4.69) is 10.2 Å². The maximum atomic E-state index is 13.2. The number of aromatic nitrogens is 3. The predicted molar refractivity (Wildman–Crippen MR) is 89.8 cm³/mol. The molecule has 3 aromatic rings. The van der Waals surface area contributed by atoms with Crippen molar-refractivity contribution in [3.63, 3.8) is 0 Å². The number of fused-ring (bicyclic) bond motifs is 1. The smallest absolute Gasteiger partial charge is 0.345 e. The first-order chi connectivity index (χ1) is 12.1. The molecule has 0 saturated heterocycles. The normalized spacial score (nSPS) is 11.8. The number of alkyl halides is 3. The maximum absolute atomic E-state index is 13.2. The van der Waals surface area contributed by atoms with E-state index in [1.54, 1.807) is 14.1 Å². The van der Waals surface area contributed by atoms with Gasteiger partial charge in [0.1, 0.15) is 0 Å². The van der Waals surface area contributed by atoms with Crippen molar-refractivity contribution in [3.05, 3.63) is 52.1 Å². The van der Waals surface area contributed by atoms with Gasteiger partial charge in [-0.05, 0) is 23.8 Å². The second kappa shape index (κ2) is 6.01. The quantitative estimate of drug-likeness (QED) is 0.760. The number of carbonyl (C=O) groups is 1. The Kier molecular flexibility index (Phi) is 4.09. The minimum absolute atomic E-state index is 0.00213. The monoisotopic (exact) mass is 364 g/mol. The molecular formula is C17H15F3N4O2. The lowest BCUT2D eigenvalue weighted by molar-refractivity contribution is -0.137. The minimum Gasteiger partial charge on any atom is -0.345 e. The Hall–Kier alpha value is -3.10. The molecular weight excluding hydrogens is 349 g/mol. The van der Waals surface area contributed by atoms with Gasteiger partial charge in [0.15, 0.2) is 0 Å². The molecule has 6 nitrogen and oxygen atoms in total. The molecule has 1 aromatic carbocycles. The lowest BCUT2D eigenvalue weighted by Crippen LogP contribution is -2.26. The van der Waals surface area contributed by atoms with E-state index in [0.29, 0.717) is 5.39 Å². The summed E-state index contributed by atoms with van der Waals surface area (Å²) in [6.07, 6.45) is -1.88. The predicted octanol–water partition coefficient (Wildman–Crippen LogP) is 2.65. The molecule has 26 heavy (non-hydrogen) atoms. The van der Waals surface area contributed by atoms with E-state index in [1.807, 2.05) is 0 Å². The highest BCUT2D eigenvalue weighted by Gasteiger charge is 2.32. The molecule has 0 aliphatic heterocycles. The van der Waals surface area contributed by atoms with E-state index in [-0.39, 0.29) is 28.1 Å². The van der Waals surface area contributed by atoms with Crippen molar-refractivity contribution in [2.75, 3.05) is 14.1 Å². The van der Waals surface area contributed by atoms with Crippen LogP contribution in [0.2, 0.25) is 0 Å². The number of nitrogens with one attached hydrogen (secondary N) is 1. The van der Waals surface area contributed by atoms with Crippen molar-refractivity contribution in [2.45, 2.75) is 6.18 Å². The topological polar surface area (TPSA) is 71.0 Å². The van der Waals surface area contributed by atoms with Crippen LogP contribution in [0.5, 0.6) is 0 Å². The molecule has 0 radical (unpaired) electrons. The number of nitrogens with zero attached hydrogens (tertiary/aromatic N) is 3. The summed E-state index contributed by atoms with van der Waals surface area (Å²) in [5.41, 5.74) is -1.00. The van der Waals surface area contributed by atoms with Crippen molar-refractivity contribution in [2.24, 2.45) is 7.05 Å². The van der Waals surface area contributed by atoms with E-state index in [1.165, 1.54) is 35.0 Å². The van der Waals surface area contributed by atoms with Crippen LogP contribution in [-0.2, 0) is 13.2 Å². The first kappa shape index (κ1) is 17.7. The van der Waals surface area contributed by atoms with Crippen LogP contribution < -0.4 is 5.56 Å². The maximum Gasteiger partial charge on any atom is 0.416 e. The van der Waals surface area contributed by atoms with Crippen molar-refractivity contribution in [1.29, 1.82) is 0 Å². The molecule has 0 fully saturated rings. The Morgan fingerprint density at radius 3 is 2.50 bits per heavy atom. The molecule has 3 rings (SSSR count). The molecule has 0 unspecified atom stereocenters. The second-order valence-electron chi connectivity index (χ2n) is 6.11. The summed E-state index contributed by atoms with van der Waals surface area (Å²) in [4.78, 5) is 26.1. The van der Waals surface area contributed by atoms with E-state index < -0.39 is 17.3 Å². The van der Waals surface area contributed by atoms with Gasteiger partial charge in [-0.3, -0.25) is 14.7 Å². The summed E-state index contributed by atoms with van der Waals surface area (Å²) in [6, 6.07) is 3.15. The number of hydrogen-bond donors (Lipinski definition) is 1. The summed E-state index contributed by atoms with van der Waals surface area (Å²) >= 11 is 0. The Labute approximate surface area is 145 Å². The van der Waals surface area contributed by atoms with Crippen molar-refractivity contribution in [3.8, 4) is 11.1 Å². The van der Waals surface area contributed by atoms with Gasteiger partial charge in [0.25, 0.3) is 11.5 Å². The molecule has 0 saturated carbocycles. The molecule has 136 valence electrons. The molecule has 0 bridgehead atoms. The van der Waals surface area contributed by atoms with E-state index in [0.717, 1.165) is 12.1 Å². The SMILES string of the molecule is CN(C)C(=O)c1cc(-c2cc(C(F)(F)F)cc3[nH]ncc23)c(=O)n(C)c1. The second-order valence-corrected chi connectivity index (χ2v) is 6.11. The average Bonchev–Trinajstić information content (AvgIpc) is 3.03. The lowest BCUT2D eigenvalue weighted by atomic mass is 9.98. The number of hydrogen-bond acceptors (Lipinski definition) is 3. The van der Waals surface area contributed by atoms with Gasteiger partial charge in [0.05, 0.1) is 22.8 Å². The van der Waals surface area contributed by atoms with Gasteiger partial charge in [-0.25, -0.2) is 0 Å². The number of benzene rings is 1. The highest BCUT2D eigenvalue weighted by molar-refractivity contribution is 5.98. The van der Waals surface area contributed by atoms with Crippen LogP contribution in [0.1, 0.15) is 15.9 Å². The summed E-state index contributed by atoms with van der Waals surface area (Å²) < 4.78 is 40.9. The molecule has 9 heteroatoms. The Morgan fingerprint density at radius 2 is 1.88 bits per heavy atom. The van der Waals surface area contributed by atoms with Gasteiger partial charge in [0, 0.05) is 38.3 Å². The van der Waals surface area contributed by atoms with E-state index in [4.69, 9.17) is 0 Å². The summed E-state index contributed by atoms with van der Waals surface area (Å²) in [5.74, 6) is -0.364. The summed E-state index contributed by atoms with van der Waals surface area (Å²) in [7, 11) is 4.54. The van der Waals surface area contributed by atoms with Gasteiger partial charge >= 0.3 is 6.18 Å². The fourth-order valence-electron chi connectivity index (χ4n) is 2.72. The van der Waals surface area contributed by atoms with Crippen LogP contribution >= 0.6 is 0 Å². The zero-order valence-corrected chi connectivity index (χ0v) is 14.2. The van der Waals surface area contributed by atoms with Gasteiger partial charge in [0.2, 0.25) is 0 Å². The first-order valence-electron chi connectivity index (χ1n) is 7.56. The molecule has 0 aliphatic rings. The Morgan fingerprint density at radius 1 is 1.19 bits per heavy atom. The number of halogens is 3. The third kappa shape index (κ3) is 2.96. The van der Waals surface area contributed by atoms with Crippen molar-refractivity contribution >= 4 is 16.8 Å². The lowest BCUT2D eigenvalue weighted by Gasteiger charge is -2.14. The molecule has 1 N–H and O–H groups in total. The average molecular weight is 364 g/mol. The zero-order valence-electron chi connectivity index (χ0n) is 14.2. The van der Waals surface area contributed by atoms with Crippen LogP contribution in [-0.4, -0.2) is 39.7 Å². The zero-order chi connectivity index (χ0) is 19.2. The minimum atomic E-state index is -4.59. The third-order valence-electron chi connectivity index (χ3n) is 4.01. The molecule has 2 aromatic heterocycles. The number of pyridine rings is 1. The van der Waals surface area contributed by atoms with Crippen LogP contribution in [0.4, 0.5) is 13.2 Å². The van der Waals surface area contributed by atoms with Crippen LogP contribution in [0, 0.1) is 0 Å². The fraction of sp³-hybridized carbons (Fsp3) is 0.235. The first-order valence-corrected chi connectivity index (χ1v) is 7.56. The van der Waals surface area contributed by atoms with Gasteiger partial charge < -0.3 is 9.47 Å².